The quantitative estimate of drug-likeness (QED) is 0.652. The molecule has 0 aliphatic carbocycles. The van der Waals surface area contributed by atoms with Crippen molar-refractivity contribution in [3.8, 4) is 11.6 Å². The van der Waals surface area contributed by atoms with E-state index in [9.17, 15) is 0 Å². The smallest absolute Gasteiger partial charge is 0.258 e. The lowest BCUT2D eigenvalue weighted by Crippen LogP contribution is -2.16. The van der Waals surface area contributed by atoms with Crippen molar-refractivity contribution in [3.63, 3.8) is 0 Å². The van der Waals surface area contributed by atoms with E-state index in [1.165, 1.54) is 0 Å². The Bertz CT molecular complexity index is 280. The number of fused-ring (bicyclic) bond motifs is 1. The topological polar surface area (TPSA) is 31.4 Å². The van der Waals surface area contributed by atoms with Gasteiger partial charge in [0.1, 0.15) is 13.2 Å². The minimum atomic E-state index is 0. The highest BCUT2D eigenvalue weighted by Gasteiger charge is 2.15. The van der Waals surface area contributed by atoms with Crippen molar-refractivity contribution in [1.29, 1.82) is 0 Å². The Morgan fingerprint density at radius 2 is 2.08 bits per heavy atom. The molecule has 1 aliphatic rings. The fourth-order valence-corrected chi connectivity index (χ4v) is 1.11. The van der Waals surface area contributed by atoms with Gasteiger partial charge in [-0.1, -0.05) is 11.6 Å². The number of nitrogens with zero attached hydrogens (tertiary/aromatic N) is 1. The maximum absolute atomic E-state index is 5.80. The van der Waals surface area contributed by atoms with Crippen molar-refractivity contribution >= 4 is 24.0 Å². The molecule has 0 atom stereocenters. The van der Waals surface area contributed by atoms with Crippen LogP contribution in [0.1, 0.15) is 0 Å². The Labute approximate surface area is 81.1 Å². The largest absolute Gasteiger partial charge is 0.483 e. The summed E-state index contributed by atoms with van der Waals surface area (Å²) in [5.41, 5.74) is 0. The zero-order valence-corrected chi connectivity index (χ0v) is 7.69. The average molecular weight is 208 g/mol. The number of aromatic nitrogens is 1. The SMILES string of the molecule is Cl.Clc1ccnc2c1OCCO2. The Hall–Kier alpha value is -0.670. The summed E-state index contributed by atoms with van der Waals surface area (Å²) in [5.74, 6) is 1.05. The van der Waals surface area contributed by atoms with Crippen LogP contribution in [0, 0.1) is 0 Å². The van der Waals surface area contributed by atoms with E-state index in [4.69, 9.17) is 21.1 Å². The van der Waals surface area contributed by atoms with Gasteiger partial charge in [-0.2, -0.15) is 0 Å². The molecular formula is C7H7Cl2NO2. The number of pyridine rings is 1. The molecule has 2 heterocycles. The molecule has 0 unspecified atom stereocenters. The molecule has 0 aromatic carbocycles. The molecular weight excluding hydrogens is 201 g/mol. The molecule has 5 heteroatoms. The van der Waals surface area contributed by atoms with E-state index in [2.05, 4.69) is 4.98 Å². The molecule has 1 aromatic rings. The normalized spacial score (nSPS) is 13.4. The van der Waals surface area contributed by atoms with Crippen LogP contribution in [0.3, 0.4) is 0 Å². The highest BCUT2D eigenvalue weighted by Crippen LogP contribution is 2.34. The molecule has 0 bridgehead atoms. The molecule has 0 saturated heterocycles. The van der Waals surface area contributed by atoms with Gasteiger partial charge < -0.3 is 9.47 Å². The van der Waals surface area contributed by atoms with E-state index < -0.39 is 0 Å². The molecule has 0 radical (unpaired) electrons. The Morgan fingerprint density at radius 1 is 1.33 bits per heavy atom. The Balaban J connectivity index is 0.000000720. The van der Waals surface area contributed by atoms with Crippen LogP contribution in [-0.4, -0.2) is 18.2 Å². The van der Waals surface area contributed by atoms with Gasteiger partial charge in [0, 0.05) is 6.20 Å². The highest BCUT2D eigenvalue weighted by atomic mass is 35.5. The molecule has 66 valence electrons. The highest BCUT2D eigenvalue weighted by molar-refractivity contribution is 6.32. The first-order valence-corrected chi connectivity index (χ1v) is 3.66. The Kier molecular flexibility index (Phi) is 3.00. The molecule has 1 aliphatic heterocycles. The van der Waals surface area contributed by atoms with Crippen LogP contribution in [0.2, 0.25) is 5.02 Å². The van der Waals surface area contributed by atoms with Crippen LogP contribution in [0.4, 0.5) is 0 Å². The molecule has 1 aromatic heterocycles. The minimum absolute atomic E-state index is 0. The third kappa shape index (κ3) is 1.57. The lowest BCUT2D eigenvalue weighted by atomic mass is 10.4. The first-order valence-electron chi connectivity index (χ1n) is 3.28. The molecule has 12 heavy (non-hydrogen) atoms. The number of hydrogen-bond acceptors (Lipinski definition) is 3. The van der Waals surface area contributed by atoms with Gasteiger partial charge in [-0.3, -0.25) is 0 Å². The van der Waals surface area contributed by atoms with E-state index >= 15 is 0 Å². The first-order chi connectivity index (χ1) is 5.38. The average Bonchev–Trinajstić information content (AvgIpc) is 2.06. The second-order valence-electron chi connectivity index (χ2n) is 2.12. The second kappa shape index (κ2) is 3.83. The minimum Gasteiger partial charge on any atom is -0.483 e. The zero-order valence-electron chi connectivity index (χ0n) is 6.12. The second-order valence-corrected chi connectivity index (χ2v) is 2.53. The molecule has 3 nitrogen and oxygen atoms in total. The van der Waals surface area contributed by atoms with Crippen molar-refractivity contribution in [1.82, 2.24) is 4.98 Å². The zero-order chi connectivity index (χ0) is 7.68. The van der Waals surface area contributed by atoms with Crippen molar-refractivity contribution < 1.29 is 9.47 Å². The van der Waals surface area contributed by atoms with Crippen LogP contribution in [0.5, 0.6) is 11.6 Å². The number of halogens is 2. The summed E-state index contributed by atoms with van der Waals surface area (Å²) in [4.78, 5) is 3.95. The number of hydrogen-bond donors (Lipinski definition) is 0. The van der Waals surface area contributed by atoms with Crippen LogP contribution in [0.15, 0.2) is 12.3 Å². The first kappa shape index (κ1) is 9.42. The predicted molar refractivity (Wildman–Crippen MR) is 47.5 cm³/mol. The van der Waals surface area contributed by atoms with Crippen molar-refractivity contribution in [3.05, 3.63) is 17.3 Å². The summed E-state index contributed by atoms with van der Waals surface area (Å²) in [6.45, 7) is 1.08. The van der Waals surface area contributed by atoms with Crippen LogP contribution in [0.25, 0.3) is 0 Å². The van der Waals surface area contributed by atoms with Crippen molar-refractivity contribution in [2.24, 2.45) is 0 Å². The monoisotopic (exact) mass is 207 g/mol. The van der Waals surface area contributed by atoms with Crippen molar-refractivity contribution in [2.45, 2.75) is 0 Å². The fourth-order valence-electron chi connectivity index (χ4n) is 0.922. The summed E-state index contributed by atoms with van der Waals surface area (Å²) in [5, 5.41) is 0.551. The predicted octanol–water partition coefficient (Wildman–Crippen LogP) is 1.93. The summed E-state index contributed by atoms with van der Waals surface area (Å²) < 4.78 is 10.4. The lowest BCUT2D eigenvalue weighted by Gasteiger charge is -2.17. The van der Waals surface area contributed by atoms with Crippen LogP contribution < -0.4 is 9.47 Å². The van der Waals surface area contributed by atoms with Gasteiger partial charge in [-0.15, -0.1) is 12.4 Å². The summed E-state index contributed by atoms with van der Waals surface area (Å²) in [7, 11) is 0. The van der Waals surface area contributed by atoms with Gasteiger partial charge in [-0.25, -0.2) is 4.98 Å². The summed E-state index contributed by atoms with van der Waals surface area (Å²) >= 11 is 5.80. The van der Waals surface area contributed by atoms with Gasteiger partial charge in [0.05, 0.1) is 5.02 Å². The van der Waals surface area contributed by atoms with Gasteiger partial charge in [0.25, 0.3) is 5.88 Å². The molecule has 0 saturated carbocycles. The van der Waals surface area contributed by atoms with E-state index in [0.717, 1.165) is 0 Å². The molecule has 0 fully saturated rings. The molecule has 0 N–H and O–H groups in total. The number of ether oxygens (including phenoxy) is 2. The molecule has 0 amide bonds. The van der Waals surface area contributed by atoms with Crippen LogP contribution in [-0.2, 0) is 0 Å². The standard InChI is InChI=1S/C7H6ClNO2.ClH/c8-5-1-2-9-7-6(5)10-3-4-11-7;/h1-2H,3-4H2;1H. The molecule has 0 spiro atoms. The maximum Gasteiger partial charge on any atom is 0.258 e. The summed E-state index contributed by atoms with van der Waals surface area (Å²) in [6.07, 6.45) is 1.59. The van der Waals surface area contributed by atoms with Gasteiger partial charge >= 0.3 is 0 Å². The van der Waals surface area contributed by atoms with E-state index in [1.54, 1.807) is 12.3 Å². The van der Waals surface area contributed by atoms with E-state index in [0.29, 0.717) is 29.9 Å². The number of rotatable bonds is 0. The van der Waals surface area contributed by atoms with Gasteiger partial charge in [0.2, 0.25) is 0 Å². The van der Waals surface area contributed by atoms with Gasteiger partial charge in [0.15, 0.2) is 5.75 Å². The Morgan fingerprint density at radius 3 is 2.83 bits per heavy atom. The van der Waals surface area contributed by atoms with Gasteiger partial charge in [-0.05, 0) is 6.07 Å². The summed E-state index contributed by atoms with van der Waals surface area (Å²) in [6, 6.07) is 1.68. The maximum atomic E-state index is 5.80. The van der Waals surface area contributed by atoms with Crippen LogP contribution >= 0.6 is 24.0 Å². The van der Waals surface area contributed by atoms with Crippen molar-refractivity contribution in [2.75, 3.05) is 13.2 Å². The lowest BCUT2D eigenvalue weighted by molar-refractivity contribution is 0.164. The third-order valence-electron chi connectivity index (χ3n) is 1.39. The van der Waals surface area contributed by atoms with E-state index in [1.807, 2.05) is 0 Å². The molecule has 2 rings (SSSR count). The third-order valence-corrected chi connectivity index (χ3v) is 1.69. The van der Waals surface area contributed by atoms with E-state index in [-0.39, 0.29) is 12.4 Å². The fraction of sp³-hybridized carbons (Fsp3) is 0.286.